The number of nitrogens with one attached hydrogen (secondary N) is 1. The Balaban J connectivity index is 1.56. The lowest BCUT2D eigenvalue weighted by molar-refractivity contribution is 0.142. The second kappa shape index (κ2) is 4.47. The number of aryl methyl sites for hydroxylation is 2. The van der Waals surface area contributed by atoms with Gasteiger partial charge in [-0.15, -0.1) is 11.3 Å². The standard InChI is InChI=1S/C19H25N3S/c1-18(2)11-7-8-19(18,3)14(9-11)22-16-15-12-5-4-6-13(12)23-17(15)21-10-20-16/h10-11,14H,4-9H2,1-3H3,(H,20,21,22)/t11-,14-,19-/m1/s1. The Morgan fingerprint density at radius 2 is 2.09 bits per heavy atom. The van der Waals surface area contributed by atoms with E-state index in [9.17, 15) is 0 Å². The molecule has 0 aliphatic heterocycles. The summed E-state index contributed by atoms with van der Waals surface area (Å²) in [5.41, 5.74) is 2.35. The Bertz CT molecular complexity index is 793. The predicted molar refractivity (Wildman–Crippen MR) is 96.1 cm³/mol. The molecule has 0 unspecified atom stereocenters. The molecule has 2 bridgehead atoms. The van der Waals surface area contributed by atoms with Crippen LogP contribution < -0.4 is 5.32 Å². The van der Waals surface area contributed by atoms with Crippen LogP contribution in [0.3, 0.4) is 0 Å². The summed E-state index contributed by atoms with van der Waals surface area (Å²) in [7, 11) is 0. The number of fused-ring (bicyclic) bond motifs is 5. The largest absolute Gasteiger partial charge is 0.366 e. The van der Waals surface area contributed by atoms with Gasteiger partial charge in [-0.25, -0.2) is 9.97 Å². The van der Waals surface area contributed by atoms with Crippen molar-refractivity contribution in [1.29, 1.82) is 0 Å². The molecule has 3 aliphatic rings. The zero-order chi connectivity index (χ0) is 15.8. The zero-order valence-corrected chi connectivity index (χ0v) is 15.1. The molecule has 1 N–H and O–H groups in total. The molecule has 0 radical (unpaired) electrons. The minimum absolute atomic E-state index is 0.383. The van der Waals surface area contributed by atoms with Gasteiger partial charge in [-0.1, -0.05) is 20.8 Å². The highest BCUT2D eigenvalue weighted by molar-refractivity contribution is 7.19. The van der Waals surface area contributed by atoms with Gasteiger partial charge in [0, 0.05) is 10.9 Å². The number of hydrogen-bond acceptors (Lipinski definition) is 4. The minimum atomic E-state index is 0.383. The fourth-order valence-corrected chi connectivity index (χ4v) is 6.85. The number of aromatic nitrogens is 2. The summed E-state index contributed by atoms with van der Waals surface area (Å²) in [5, 5.41) is 5.21. The highest BCUT2D eigenvalue weighted by Crippen LogP contribution is 2.66. The van der Waals surface area contributed by atoms with E-state index in [1.807, 2.05) is 11.3 Å². The van der Waals surface area contributed by atoms with Crippen molar-refractivity contribution >= 4 is 27.4 Å². The van der Waals surface area contributed by atoms with Gasteiger partial charge in [0.2, 0.25) is 0 Å². The van der Waals surface area contributed by atoms with Crippen molar-refractivity contribution in [2.45, 2.75) is 65.3 Å². The van der Waals surface area contributed by atoms with E-state index in [1.54, 1.807) is 11.2 Å². The molecule has 3 aliphatic carbocycles. The molecule has 0 aromatic carbocycles. The van der Waals surface area contributed by atoms with E-state index < -0.39 is 0 Å². The average Bonchev–Trinajstić information content (AvgIpc) is 3.18. The topological polar surface area (TPSA) is 37.8 Å². The first-order chi connectivity index (χ1) is 11.0. The molecule has 2 aromatic rings. The normalized spacial score (nSPS) is 34.2. The van der Waals surface area contributed by atoms with Crippen LogP contribution in [0, 0.1) is 16.7 Å². The number of nitrogens with zero attached hydrogens (tertiary/aromatic N) is 2. The molecule has 3 atom stereocenters. The molecular weight excluding hydrogens is 302 g/mol. The third kappa shape index (κ3) is 1.71. The summed E-state index contributed by atoms with van der Waals surface area (Å²) in [4.78, 5) is 11.9. The third-order valence-corrected chi connectivity index (χ3v) is 8.81. The van der Waals surface area contributed by atoms with E-state index in [4.69, 9.17) is 0 Å². The summed E-state index contributed by atoms with van der Waals surface area (Å²) >= 11 is 1.88. The fraction of sp³-hybridized carbons (Fsp3) is 0.684. The molecule has 0 spiro atoms. The lowest BCUT2D eigenvalue weighted by atomic mass is 9.69. The summed E-state index contributed by atoms with van der Waals surface area (Å²) in [6.07, 6.45) is 9.51. The Morgan fingerprint density at radius 3 is 2.83 bits per heavy atom. The Kier molecular flexibility index (Phi) is 2.76. The van der Waals surface area contributed by atoms with Crippen molar-refractivity contribution in [2.24, 2.45) is 16.7 Å². The highest BCUT2D eigenvalue weighted by Gasteiger charge is 2.61. The van der Waals surface area contributed by atoms with Crippen molar-refractivity contribution in [3.63, 3.8) is 0 Å². The predicted octanol–water partition coefficient (Wildman–Crippen LogP) is 4.81. The van der Waals surface area contributed by atoms with E-state index in [0.29, 0.717) is 16.9 Å². The van der Waals surface area contributed by atoms with Gasteiger partial charge >= 0.3 is 0 Å². The first-order valence-electron chi connectivity index (χ1n) is 9.02. The van der Waals surface area contributed by atoms with E-state index in [1.165, 1.54) is 54.3 Å². The highest BCUT2D eigenvalue weighted by atomic mass is 32.1. The molecule has 2 saturated carbocycles. The quantitative estimate of drug-likeness (QED) is 0.860. The fourth-order valence-electron chi connectivity index (χ4n) is 5.63. The van der Waals surface area contributed by atoms with Gasteiger partial charge in [0.1, 0.15) is 17.0 Å². The molecule has 2 heterocycles. The maximum Gasteiger partial charge on any atom is 0.138 e. The van der Waals surface area contributed by atoms with Gasteiger partial charge in [-0.2, -0.15) is 0 Å². The summed E-state index contributed by atoms with van der Waals surface area (Å²) in [6.45, 7) is 7.45. The van der Waals surface area contributed by atoms with E-state index in [2.05, 4.69) is 36.1 Å². The number of thiophene rings is 1. The zero-order valence-electron chi connectivity index (χ0n) is 14.3. The van der Waals surface area contributed by atoms with Gasteiger partial charge < -0.3 is 5.32 Å². The summed E-state index contributed by atoms with van der Waals surface area (Å²) < 4.78 is 0. The van der Waals surface area contributed by atoms with Crippen molar-refractivity contribution in [3.8, 4) is 0 Å². The van der Waals surface area contributed by atoms with Gasteiger partial charge in [0.05, 0.1) is 5.39 Å². The Labute approximate surface area is 141 Å². The van der Waals surface area contributed by atoms with Gasteiger partial charge in [0.25, 0.3) is 0 Å². The van der Waals surface area contributed by atoms with Crippen molar-refractivity contribution in [2.75, 3.05) is 5.32 Å². The SMILES string of the molecule is CC1(C)[C@@H]2CC[C@]1(C)[C@H](Nc1ncnc3sc4c(c13)CCC4)C2. The number of rotatable bonds is 2. The van der Waals surface area contributed by atoms with Crippen LogP contribution in [0.2, 0.25) is 0 Å². The monoisotopic (exact) mass is 327 g/mol. The molecule has 4 heteroatoms. The van der Waals surface area contributed by atoms with E-state index in [0.717, 1.165) is 11.7 Å². The maximum absolute atomic E-state index is 4.67. The lowest BCUT2D eigenvalue weighted by Gasteiger charge is -2.39. The maximum atomic E-state index is 4.67. The first kappa shape index (κ1) is 14.2. The molecule has 2 aromatic heterocycles. The lowest BCUT2D eigenvalue weighted by Crippen LogP contribution is -2.40. The van der Waals surface area contributed by atoms with Crippen LogP contribution in [-0.2, 0) is 12.8 Å². The molecule has 0 amide bonds. The molecule has 5 rings (SSSR count). The van der Waals surface area contributed by atoms with Crippen LogP contribution in [0.25, 0.3) is 10.2 Å². The van der Waals surface area contributed by atoms with Crippen LogP contribution in [0.4, 0.5) is 5.82 Å². The van der Waals surface area contributed by atoms with Crippen LogP contribution >= 0.6 is 11.3 Å². The van der Waals surface area contributed by atoms with Crippen LogP contribution in [-0.4, -0.2) is 16.0 Å². The van der Waals surface area contributed by atoms with Crippen LogP contribution in [0.5, 0.6) is 0 Å². The van der Waals surface area contributed by atoms with E-state index >= 15 is 0 Å². The Hall–Kier alpha value is -1.16. The van der Waals surface area contributed by atoms with Gasteiger partial charge in [-0.05, 0) is 60.8 Å². The first-order valence-corrected chi connectivity index (χ1v) is 9.84. The van der Waals surface area contributed by atoms with Crippen LogP contribution in [0.1, 0.15) is 56.9 Å². The van der Waals surface area contributed by atoms with Crippen molar-refractivity contribution in [3.05, 3.63) is 16.8 Å². The second-order valence-corrected chi connectivity index (χ2v) is 9.65. The summed E-state index contributed by atoms with van der Waals surface area (Å²) in [5.74, 6) is 1.96. The average molecular weight is 327 g/mol. The number of anilines is 1. The minimum Gasteiger partial charge on any atom is -0.366 e. The van der Waals surface area contributed by atoms with Crippen molar-refractivity contribution < 1.29 is 0 Å². The van der Waals surface area contributed by atoms with Gasteiger partial charge in [0.15, 0.2) is 0 Å². The number of hydrogen-bond donors (Lipinski definition) is 1. The van der Waals surface area contributed by atoms with Crippen LogP contribution in [0.15, 0.2) is 6.33 Å². The molecule has 23 heavy (non-hydrogen) atoms. The summed E-state index contributed by atoms with van der Waals surface area (Å²) in [6, 6.07) is 0.548. The third-order valence-electron chi connectivity index (χ3n) is 7.61. The molecule has 122 valence electrons. The van der Waals surface area contributed by atoms with Gasteiger partial charge in [-0.3, -0.25) is 0 Å². The second-order valence-electron chi connectivity index (χ2n) is 8.57. The molecular formula is C19H25N3S. The van der Waals surface area contributed by atoms with E-state index in [-0.39, 0.29) is 0 Å². The van der Waals surface area contributed by atoms with Crippen molar-refractivity contribution in [1.82, 2.24) is 9.97 Å². The molecule has 2 fully saturated rings. The Morgan fingerprint density at radius 1 is 1.22 bits per heavy atom. The smallest absolute Gasteiger partial charge is 0.138 e. The molecule has 0 saturated heterocycles. The molecule has 3 nitrogen and oxygen atoms in total.